The fourth-order valence-corrected chi connectivity index (χ4v) is 2.01. The summed E-state index contributed by atoms with van der Waals surface area (Å²) >= 11 is 0. The summed E-state index contributed by atoms with van der Waals surface area (Å²) in [4.78, 5) is 16.1. The highest BCUT2D eigenvalue weighted by atomic mass is 16.5. The van der Waals surface area contributed by atoms with Crippen molar-refractivity contribution >= 4 is 11.9 Å². The highest BCUT2D eigenvalue weighted by Crippen LogP contribution is 2.19. The van der Waals surface area contributed by atoms with Crippen molar-refractivity contribution in [2.75, 3.05) is 5.32 Å². The largest absolute Gasteiger partial charge is 0.491 e. The van der Waals surface area contributed by atoms with Gasteiger partial charge in [-0.25, -0.2) is 0 Å². The number of carbonyl (C=O) groups excluding carboxylic acids is 1. The molecular formula is C17H16N4O3. The maximum atomic E-state index is 12.2. The quantitative estimate of drug-likeness (QED) is 0.775. The predicted molar refractivity (Wildman–Crippen MR) is 87.7 cm³/mol. The summed E-state index contributed by atoms with van der Waals surface area (Å²) in [5.41, 5.74) is 1.20. The van der Waals surface area contributed by atoms with Crippen molar-refractivity contribution in [3.8, 4) is 17.2 Å². The third-order valence-corrected chi connectivity index (χ3v) is 3.06. The van der Waals surface area contributed by atoms with Gasteiger partial charge in [-0.05, 0) is 50.2 Å². The summed E-state index contributed by atoms with van der Waals surface area (Å²) in [6.45, 7) is 3.88. The average molecular weight is 324 g/mol. The van der Waals surface area contributed by atoms with Crippen LogP contribution in [0.2, 0.25) is 0 Å². The third-order valence-electron chi connectivity index (χ3n) is 3.06. The van der Waals surface area contributed by atoms with Crippen LogP contribution in [0, 0.1) is 0 Å². The lowest BCUT2D eigenvalue weighted by Gasteiger charge is -2.09. The molecule has 2 aromatic heterocycles. The lowest BCUT2D eigenvalue weighted by atomic mass is 10.2. The van der Waals surface area contributed by atoms with E-state index in [-0.39, 0.29) is 18.0 Å². The fraction of sp³-hybridized carbons (Fsp3) is 0.176. The molecule has 0 bridgehead atoms. The average Bonchev–Trinajstić information content (AvgIpc) is 3.04. The van der Waals surface area contributed by atoms with Gasteiger partial charge in [-0.2, -0.15) is 0 Å². The predicted octanol–water partition coefficient (Wildman–Crippen LogP) is 3.17. The van der Waals surface area contributed by atoms with Crippen molar-refractivity contribution in [2.45, 2.75) is 20.0 Å². The van der Waals surface area contributed by atoms with Crippen LogP contribution >= 0.6 is 0 Å². The number of ether oxygens (including phenoxy) is 1. The summed E-state index contributed by atoms with van der Waals surface area (Å²) in [6, 6.07) is 10.4. The number of aromatic nitrogens is 3. The minimum atomic E-state index is -0.337. The molecule has 0 saturated carbocycles. The van der Waals surface area contributed by atoms with E-state index in [9.17, 15) is 4.79 Å². The highest BCUT2D eigenvalue weighted by Gasteiger charge is 2.13. The van der Waals surface area contributed by atoms with Crippen molar-refractivity contribution in [3.63, 3.8) is 0 Å². The van der Waals surface area contributed by atoms with Crippen LogP contribution in [0.3, 0.4) is 0 Å². The number of benzene rings is 1. The van der Waals surface area contributed by atoms with Crippen LogP contribution < -0.4 is 10.1 Å². The van der Waals surface area contributed by atoms with Crippen LogP contribution in [0.1, 0.15) is 24.2 Å². The van der Waals surface area contributed by atoms with Crippen LogP contribution in [0.25, 0.3) is 11.5 Å². The van der Waals surface area contributed by atoms with Gasteiger partial charge >= 0.3 is 6.01 Å². The molecule has 24 heavy (non-hydrogen) atoms. The summed E-state index contributed by atoms with van der Waals surface area (Å²) < 4.78 is 11.0. The normalized spacial score (nSPS) is 10.6. The van der Waals surface area contributed by atoms with Crippen LogP contribution in [-0.2, 0) is 0 Å². The SMILES string of the molecule is CC(C)Oc1ccc(C(=O)Nc2nnc(-c3ccncc3)o2)cc1. The number of rotatable bonds is 5. The molecule has 0 aliphatic carbocycles. The molecule has 7 heteroatoms. The maximum absolute atomic E-state index is 12.2. The molecule has 0 radical (unpaired) electrons. The molecule has 0 saturated heterocycles. The van der Waals surface area contributed by atoms with Gasteiger partial charge in [0.15, 0.2) is 0 Å². The highest BCUT2D eigenvalue weighted by molar-refractivity contribution is 6.03. The smallest absolute Gasteiger partial charge is 0.322 e. The molecule has 1 N–H and O–H groups in total. The summed E-state index contributed by atoms with van der Waals surface area (Å²) in [7, 11) is 0. The third kappa shape index (κ3) is 3.75. The van der Waals surface area contributed by atoms with Crippen LogP contribution in [-0.4, -0.2) is 27.2 Å². The standard InChI is InChI=1S/C17H16N4O3/c1-11(2)23-14-5-3-12(4-6-14)15(22)19-17-21-20-16(24-17)13-7-9-18-10-8-13/h3-11H,1-2H3,(H,19,21,22). The number of nitrogens with one attached hydrogen (secondary N) is 1. The van der Waals surface area contributed by atoms with Gasteiger partial charge in [-0.15, -0.1) is 5.10 Å². The zero-order valence-electron chi connectivity index (χ0n) is 13.3. The molecule has 0 aliphatic heterocycles. The van der Waals surface area contributed by atoms with E-state index >= 15 is 0 Å². The van der Waals surface area contributed by atoms with E-state index in [4.69, 9.17) is 9.15 Å². The molecule has 0 aliphatic rings. The molecular weight excluding hydrogens is 308 g/mol. The van der Waals surface area contributed by atoms with Crippen molar-refractivity contribution in [3.05, 3.63) is 54.4 Å². The molecule has 1 aromatic carbocycles. The topological polar surface area (TPSA) is 90.1 Å². The van der Waals surface area contributed by atoms with Gasteiger partial charge < -0.3 is 9.15 Å². The van der Waals surface area contributed by atoms with Crippen LogP contribution in [0.15, 0.2) is 53.2 Å². The van der Waals surface area contributed by atoms with E-state index in [1.807, 2.05) is 13.8 Å². The lowest BCUT2D eigenvalue weighted by Crippen LogP contribution is -2.12. The van der Waals surface area contributed by atoms with E-state index in [0.717, 1.165) is 5.56 Å². The number of amides is 1. The molecule has 0 atom stereocenters. The minimum absolute atomic E-state index is 0.0364. The van der Waals surface area contributed by atoms with E-state index in [1.54, 1.807) is 48.8 Å². The Morgan fingerprint density at radius 2 is 1.79 bits per heavy atom. The van der Waals surface area contributed by atoms with Crippen LogP contribution in [0.5, 0.6) is 5.75 Å². The Hall–Kier alpha value is -3.22. The first kappa shape index (κ1) is 15.7. The van der Waals surface area contributed by atoms with Gasteiger partial charge in [0, 0.05) is 23.5 Å². The molecule has 0 spiro atoms. The molecule has 0 fully saturated rings. The summed E-state index contributed by atoms with van der Waals surface area (Å²) in [5, 5.41) is 10.3. The number of hydrogen-bond acceptors (Lipinski definition) is 6. The fourth-order valence-electron chi connectivity index (χ4n) is 2.01. The molecule has 7 nitrogen and oxygen atoms in total. The van der Waals surface area contributed by atoms with Crippen molar-refractivity contribution in [1.82, 2.24) is 15.2 Å². The molecule has 0 unspecified atom stereocenters. The van der Waals surface area contributed by atoms with Gasteiger partial charge in [0.05, 0.1) is 6.10 Å². The van der Waals surface area contributed by atoms with E-state index < -0.39 is 0 Å². The van der Waals surface area contributed by atoms with Crippen LogP contribution in [0.4, 0.5) is 6.01 Å². The zero-order chi connectivity index (χ0) is 16.9. The lowest BCUT2D eigenvalue weighted by molar-refractivity contribution is 0.102. The first-order valence-corrected chi connectivity index (χ1v) is 7.44. The molecule has 3 rings (SSSR count). The first-order chi connectivity index (χ1) is 11.6. The van der Waals surface area contributed by atoms with Gasteiger partial charge in [-0.1, -0.05) is 5.10 Å². The van der Waals surface area contributed by atoms with E-state index in [2.05, 4.69) is 20.5 Å². The Bertz CT molecular complexity index is 813. The van der Waals surface area contributed by atoms with Gasteiger partial charge in [0.1, 0.15) is 5.75 Å². The Kier molecular flexibility index (Phi) is 4.51. The van der Waals surface area contributed by atoms with E-state index in [0.29, 0.717) is 17.2 Å². The Labute approximate surface area is 138 Å². The summed E-state index contributed by atoms with van der Waals surface area (Å²) in [6.07, 6.45) is 3.33. The number of nitrogens with zero attached hydrogens (tertiary/aromatic N) is 3. The molecule has 122 valence electrons. The Morgan fingerprint density at radius 3 is 2.46 bits per heavy atom. The van der Waals surface area contributed by atoms with Gasteiger partial charge in [-0.3, -0.25) is 15.1 Å². The number of pyridine rings is 1. The summed E-state index contributed by atoms with van der Waals surface area (Å²) in [5.74, 6) is 0.684. The second-order valence-electron chi connectivity index (χ2n) is 5.29. The number of hydrogen-bond donors (Lipinski definition) is 1. The monoisotopic (exact) mass is 324 g/mol. The zero-order valence-corrected chi connectivity index (χ0v) is 13.3. The van der Waals surface area contributed by atoms with E-state index in [1.165, 1.54) is 0 Å². The number of anilines is 1. The molecule has 3 aromatic rings. The minimum Gasteiger partial charge on any atom is -0.491 e. The van der Waals surface area contributed by atoms with Crippen molar-refractivity contribution in [1.29, 1.82) is 0 Å². The van der Waals surface area contributed by atoms with Gasteiger partial charge in [0.2, 0.25) is 5.89 Å². The molecule has 1 amide bonds. The maximum Gasteiger partial charge on any atom is 0.322 e. The molecule has 2 heterocycles. The Morgan fingerprint density at radius 1 is 1.08 bits per heavy atom. The second-order valence-corrected chi connectivity index (χ2v) is 5.29. The van der Waals surface area contributed by atoms with Gasteiger partial charge in [0.25, 0.3) is 5.91 Å². The van der Waals surface area contributed by atoms with Crippen molar-refractivity contribution < 1.29 is 13.9 Å². The van der Waals surface area contributed by atoms with Crippen molar-refractivity contribution in [2.24, 2.45) is 0 Å². The second kappa shape index (κ2) is 6.91. The Balaban J connectivity index is 1.68. The first-order valence-electron chi connectivity index (χ1n) is 7.44. The number of carbonyl (C=O) groups is 1.